The van der Waals surface area contributed by atoms with Crippen LogP contribution in [-0.4, -0.2) is 74.3 Å². The first-order valence-electron chi connectivity index (χ1n) is 28.8. The van der Waals surface area contributed by atoms with Gasteiger partial charge in [-0.25, -0.2) is 4.57 Å². The van der Waals surface area contributed by atoms with E-state index in [4.69, 9.17) is 13.8 Å². The molecule has 0 fully saturated rings. The molecule has 75 heavy (non-hydrogen) atoms. The molecule has 1 amide bonds. The van der Waals surface area contributed by atoms with Crippen LogP contribution >= 0.6 is 7.82 Å². The van der Waals surface area contributed by atoms with Crippen molar-refractivity contribution < 1.29 is 37.3 Å². The Morgan fingerprint density at radius 1 is 0.480 bits per heavy atom. The molecule has 9 nitrogen and oxygen atoms in total. The molecule has 0 aromatic rings. The number of esters is 1. The van der Waals surface area contributed by atoms with Crippen molar-refractivity contribution >= 4 is 19.7 Å². The predicted molar refractivity (Wildman–Crippen MR) is 322 cm³/mol. The lowest BCUT2D eigenvalue weighted by Gasteiger charge is -2.27. The first kappa shape index (κ1) is 70.6. The van der Waals surface area contributed by atoms with Crippen LogP contribution < -0.4 is 5.32 Å². The Labute approximate surface area is 459 Å². The second kappa shape index (κ2) is 53.0. The molecule has 3 atom stereocenters. The summed E-state index contributed by atoms with van der Waals surface area (Å²) in [5.74, 6) is -0.718. The molecule has 422 valence electrons. The van der Waals surface area contributed by atoms with E-state index in [9.17, 15) is 19.0 Å². The summed E-state index contributed by atoms with van der Waals surface area (Å²) in [5, 5.41) is 2.97. The fourth-order valence-corrected chi connectivity index (χ4v) is 7.84. The van der Waals surface area contributed by atoms with E-state index in [0.717, 1.165) is 96.3 Å². The summed E-state index contributed by atoms with van der Waals surface area (Å²) in [5.41, 5.74) is 0. The van der Waals surface area contributed by atoms with Gasteiger partial charge in [-0.05, 0) is 109 Å². The van der Waals surface area contributed by atoms with Gasteiger partial charge in [-0.15, -0.1) is 0 Å². The maximum absolute atomic E-state index is 13.5. The van der Waals surface area contributed by atoms with Gasteiger partial charge >= 0.3 is 13.8 Å². The normalized spacial score (nSPS) is 14.9. The fourth-order valence-electron chi connectivity index (χ4n) is 7.10. The Morgan fingerprint density at radius 3 is 1.25 bits per heavy atom. The van der Waals surface area contributed by atoms with E-state index in [2.05, 4.69) is 148 Å². The van der Waals surface area contributed by atoms with Crippen molar-refractivity contribution in [1.82, 2.24) is 5.32 Å². The third-order valence-electron chi connectivity index (χ3n) is 11.5. The highest BCUT2D eigenvalue weighted by atomic mass is 31.2. The zero-order valence-electron chi connectivity index (χ0n) is 48.0. The minimum atomic E-state index is -4.49. The Hall–Kier alpha value is -4.37. The van der Waals surface area contributed by atoms with Gasteiger partial charge in [-0.2, -0.15) is 0 Å². The maximum atomic E-state index is 13.5. The van der Waals surface area contributed by atoms with Crippen molar-refractivity contribution in [3.05, 3.63) is 158 Å². The van der Waals surface area contributed by atoms with Crippen LogP contribution in [0.5, 0.6) is 0 Å². The molecule has 0 spiro atoms. The van der Waals surface area contributed by atoms with E-state index in [1.54, 1.807) is 6.08 Å². The van der Waals surface area contributed by atoms with Crippen molar-refractivity contribution in [2.75, 3.05) is 40.9 Å². The van der Waals surface area contributed by atoms with Gasteiger partial charge in [-0.1, -0.05) is 224 Å². The molecule has 0 aliphatic carbocycles. The average Bonchev–Trinajstić information content (AvgIpc) is 3.37. The lowest BCUT2D eigenvalue weighted by Crippen LogP contribution is -2.47. The number of carbonyl (C=O) groups excluding carboxylic acids is 2. The highest BCUT2D eigenvalue weighted by Crippen LogP contribution is 2.43. The number of amides is 1. The Balaban J connectivity index is 5.56. The Kier molecular flexibility index (Phi) is 50.0. The largest absolute Gasteiger partial charge is 0.472 e. The number of allylic oxidation sites excluding steroid dienone is 25. The molecule has 0 aliphatic heterocycles. The molecule has 0 rings (SSSR count). The van der Waals surface area contributed by atoms with Crippen LogP contribution in [0.15, 0.2) is 158 Å². The third kappa shape index (κ3) is 54.2. The monoisotopic (exact) mass is 1060 g/mol. The highest BCUT2D eigenvalue weighted by molar-refractivity contribution is 7.47. The molecule has 2 N–H and O–H groups in total. The summed E-state index contributed by atoms with van der Waals surface area (Å²) in [6.07, 6.45) is 78.5. The Bertz CT molecular complexity index is 1840. The molecule has 0 aromatic heterocycles. The number of hydrogen-bond acceptors (Lipinski definition) is 6. The van der Waals surface area contributed by atoms with Crippen LogP contribution in [0.25, 0.3) is 0 Å². The summed E-state index contributed by atoms with van der Waals surface area (Å²) in [6, 6.07) is -0.931. The number of rotatable bonds is 49. The molecule has 0 aromatic carbocycles. The summed E-state index contributed by atoms with van der Waals surface area (Å²) >= 11 is 0. The second-order valence-corrected chi connectivity index (χ2v) is 21.1. The molecular formula is C65H106N2O7P+. The van der Waals surface area contributed by atoms with Crippen LogP contribution in [0.1, 0.15) is 188 Å². The van der Waals surface area contributed by atoms with E-state index in [1.165, 1.54) is 44.9 Å². The number of carbonyl (C=O) groups is 2. The molecular weight excluding hydrogens is 952 g/mol. The number of nitrogens with one attached hydrogen (secondary N) is 1. The molecule has 0 aliphatic rings. The van der Waals surface area contributed by atoms with Crippen LogP contribution in [0, 0.1) is 0 Å². The molecule has 0 saturated heterocycles. The lowest BCUT2D eigenvalue weighted by molar-refractivity contribution is -0.870. The first-order chi connectivity index (χ1) is 36.4. The van der Waals surface area contributed by atoms with Gasteiger partial charge in [0.2, 0.25) is 5.91 Å². The molecule has 10 heteroatoms. The van der Waals surface area contributed by atoms with Crippen molar-refractivity contribution in [2.24, 2.45) is 0 Å². The number of ether oxygens (including phenoxy) is 1. The first-order valence-corrected chi connectivity index (χ1v) is 30.3. The van der Waals surface area contributed by atoms with Crippen molar-refractivity contribution in [1.29, 1.82) is 0 Å². The number of phosphoric ester groups is 1. The fraction of sp³-hybridized carbons (Fsp3) is 0.569. The van der Waals surface area contributed by atoms with Gasteiger partial charge in [0.1, 0.15) is 19.3 Å². The van der Waals surface area contributed by atoms with E-state index < -0.39 is 32.5 Å². The van der Waals surface area contributed by atoms with Gasteiger partial charge in [0.25, 0.3) is 0 Å². The van der Waals surface area contributed by atoms with Crippen LogP contribution in [0.2, 0.25) is 0 Å². The number of unbranched alkanes of at least 4 members (excludes halogenated alkanes) is 9. The number of nitrogens with zero attached hydrogens (tertiary/aromatic N) is 1. The summed E-state index contributed by atoms with van der Waals surface area (Å²) in [7, 11) is 1.38. The van der Waals surface area contributed by atoms with E-state index >= 15 is 0 Å². The van der Waals surface area contributed by atoms with Gasteiger partial charge in [0.15, 0.2) is 0 Å². The molecule has 0 heterocycles. The number of hydrogen-bond donors (Lipinski definition) is 2. The number of phosphoric acid groups is 1. The quantitative estimate of drug-likeness (QED) is 0.0205. The molecule has 3 unspecified atom stereocenters. The number of quaternary nitrogens is 1. The van der Waals surface area contributed by atoms with Gasteiger partial charge in [0.05, 0.1) is 33.8 Å². The average molecular weight is 1060 g/mol. The second-order valence-electron chi connectivity index (χ2n) is 19.7. The zero-order valence-corrected chi connectivity index (χ0v) is 48.9. The van der Waals surface area contributed by atoms with Crippen LogP contribution in [0.4, 0.5) is 0 Å². The van der Waals surface area contributed by atoms with Crippen molar-refractivity contribution in [3.8, 4) is 0 Å². The third-order valence-corrected chi connectivity index (χ3v) is 12.5. The standard InChI is InChI=1S/C65H105N2O7P/c1-7-10-13-16-19-22-25-27-29-31-33-35-37-39-42-45-48-51-54-57-64(68)66-62(61-73-75(70,71)72-60-59-67(4,5)6)63(56-53-50-47-44-41-24-21-18-15-12-9-3)74-65(69)58-55-52-49-46-43-40-38-36-34-32-30-28-26-23-20-17-14-11-8-2/h10-11,13-14,19-20,22-23,27-30,33-36,39-40,42-43,48-49,51-53,56,62-63H,7-9,12,15-18,21,24-26,31-32,37-38,41,44-47,50,54-55,57-61H2,1-6H3,(H-,66,68,70,71)/p+1/b13-10-,14-11-,22-19-,23-20-,29-27-,30-28-,35-33-,36-34-,42-39-,43-40-,51-48-,52-49-,56-53+. The van der Waals surface area contributed by atoms with Crippen molar-refractivity contribution in [3.63, 3.8) is 0 Å². The summed E-state index contributed by atoms with van der Waals surface area (Å²) in [6.45, 7) is 6.63. The van der Waals surface area contributed by atoms with E-state index in [-0.39, 0.29) is 25.4 Å². The molecule has 0 radical (unpaired) electrons. The van der Waals surface area contributed by atoms with Gasteiger partial charge < -0.3 is 19.4 Å². The summed E-state index contributed by atoms with van der Waals surface area (Å²) in [4.78, 5) is 37.5. The van der Waals surface area contributed by atoms with E-state index in [0.29, 0.717) is 23.9 Å². The summed E-state index contributed by atoms with van der Waals surface area (Å²) < 4.78 is 30.5. The van der Waals surface area contributed by atoms with Crippen LogP contribution in [0.3, 0.4) is 0 Å². The topological polar surface area (TPSA) is 111 Å². The minimum absolute atomic E-state index is 0.00587. The predicted octanol–water partition coefficient (Wildman–Crippen LogP) is 17.7. The van der Waals surface area contributed by atoms with E-state index in [1.807, 2.05) is 51.5 Å². The SMILES string of the molecule is CC/C=C\C/C=C\C/C=C\C/C=C\C/C=C\C/C=C\CCC(=O)NC(COP(=O)(O)OCC[N+](C)(C)C)C(/C=C/CCCCCCCCCCC)OC(=O)CC/C=C\C/C=C\C/C=C\C/C=C\C/C=C\C/C=C\CC. The van der Waals surface area contributed by atoms with Gasteiger partial charge in [0, 0.05) is 12.8 Å². The maximum Gasteiger partial charge on any atom is 0.472 e. The minimum Gasteiger partial charge on any atom is -0.456 e. The van der Waals surface area contributed by atoms with Gasteiger partial charge in [-0.3, -0.25) is 18.6 Å². The molecule has 0 saturated carbocycles. The Morgan fingerprint density at radius 2 is 0.853 bits per heavy atom. The zero-order chi connectivity index (χ0) is 55.0. The molecule has 0 bridgehead atoms. The number of likely N-dealkylation sites (N-methyl/N-ethyl adjacent to an activating group) is 1. The highest BCUT2D eigenvalue weighted by Gasteiger charge is 2.30. The smallest absolute Gasteiger partial charge is 0.456 e. The van der Waals surface area contributed by atoms with Crippen molar-refractivity contribution in [2.45, 2.75) is 200 Å². The lowest BCUT2D eigenvalue weighted by atomic mass is 10.1. The van der Waals surface area contributed by atoms with Crippen LogP contribution in [-0.2, 0) is 27.9 Å².